The molecule has 1 unspecified atom stereocenters. The summed E-state index contributed by atoms with van der Waals surface area (Å²) in [4.78, 5) is 38.4. The number of nitrogens with zero attached hydrogens (tertiary/aromatic N) is 4. The first-order valence-corrected chi connectivity index (χ1v) is 11.4. The molecule has 1 saturated heterocycles. The van der Waals surface area contributed by atoms with Crippen molar-refractivity contribution in [2.24, 2.45) is 0 Å². The molecule has 0 aliphatic carbocycles. The van der Waals surface area contributed by atoms with Gasteiger partial charge in [-0.05, 0) is 39.3 Å². The minimum absolute atomic E-state index is 0.0646. The minimum atomic E-state index is -4.93. The molecule has 3 heterocycles. The van der Waals surface area contributed by atoms with Crippen LogP contribution in [0.5, 0.6) is 0 Å². The standard InChI is InChI=1S/C24H25F3N6O4/c1-23(2,3)37-22(35)33-10-9-15(13-33)31-21-28-11-16(12-29-21)30-19(34)17-18(24(25,26)27)36-20(32-17)14-7-5-4-6-8-14/h4-8,11-12,15H,9-10,13H2,1-3H3,(H,30,34)(H,28,29,31). The highest BCUT2D eigenvalue weighted by molar-refractivity contribution is 6.03. The van der Waals surface area contributed by atoms with Crippen LogP contribution < -0.4 is 10.6 Å². The lowest BCUT2D eigenvalue weighted by Gasteiger charge is -2.24. The van der Waals surface area contributed by atoms with Crippen molar-refractivity contribution in [3.63, 3.8) is 0 Å². The van der Waals surface area contributed by atoms with Gasteiger partial charge < -0.3 is 24.7 Å². The van der Waals surface area contributed by atoms with Crippen molar-refractivity contribution < 1.29 is 31.9 Å². The first-order chi connectivity index (χ1) is 17.4. The van der Waals surface area contributed by atoms with E-state index in [0.29, 0.717) is 25.1 Å². The van der Waals surface area contributed by atoms with Crippen LogP contribution in [0.2, 0.25) is 0 Å². The number of alkyl halides is 3. The van der Waals surface area contributed by atoms with E-state index < -0.39 is 35.2 Å². The minimum Gasteiger partial charge on any atom is -0.444 e. The average Bonchev–Trinajstić information content (AvgIpc) is 3.48. The predicted octanol–water partition coefficient (Wildman–Crippen LogP) is 4.82. The van der Waals surface area contributed by atoms with Crippen LogP contribution in [0.3, 0.4) is 0 Å². The zero-order chi connectivity index (χ0) is 26.8. The van der Waals surface area contributed by atoms with E-state index in [1.807, 2.05) is 0 Å². The lowest BCUT2D eigenvalue weighted by molar-refractivity contribution is -0.153. The molecule has 1 aliphatic rings. The molecule has 10 nitrogen and oxygen atoms in total. The van der Waals surface area contributed by atoms with Crippen LogP contribution in [-0.4, -0.2) is 56.6 Å². The van der Waals surface area contributed by atoms with E-state index in [-0.39, 0.29) is 23.6 Å². The zero-order valence-corrected chi connectivity index (χ0v) is 20.3. The van der Waals surface area contributed by atoms with E-state index in [9.17, 15) is 22.8 Å². The van der Waals surface area contributed by atoms with Gasteiger partial charge in [0.2, 0.25) is 17.6 Å². The van der Waals surface area contributed by atoms with Crippen LogP contribution in [0.1, 0.15) is 43.4 Å². The molecule has 0 saturated carbocycles. The molecule has 0 bridgehead atoms. The first kappa shape index (κ1) is 25.9. The van der Waals surface area contributed by atoms with E-state index in [0.717, 1.165) is 0 Å². The number of oxazole rings is 1. The SMILES string of the molecule is CC(C)(C)OC(=O)N1CCC(Nc2ncc(NC(=O)c3nc(-c4ccccc4)oc3C(F)(F)F)cn2)C1. The number of carbonyl (C=O) groups excluding carboxylic acids is 2. The van der Waals surface area contributed by atoms with Gasteiger partial charge in [-0.1, -0.05) is 18.2 Å². The van der Waals surface area contributed by atoms with Crippen LogP contribution in [0.25, 0.3) is 11.5 Å². The molecule has 4 rings (SSSR count). The molecule has 2 N–H and O–H groups in total. The third-order valence-corrected chi connectivity index (χ3v) is 5.20. The number of nitrogens with one attached hydrogen (secondary N) is 2. The highest BCUT2D eigenvalue weighted by Crippen LogP contribution is 2.35. The zero-order valence-electron chi connectivity index (χ0n) is 20.3. The summed E-state index contributed by atoms with van der Waals surface area (Å²) in [5.74, 6) is -2.71. The van der Waals surface area contributed by atoms with Crippen molar-refractivity contribution in [3.8, 4) is 11.5 Å². The molecule has 0 radical (unpaired) electrons. The third-order valence-electron chi connectivity index (χ3n) is 5.20. The number of anilines is 2. The number of ether oxygens (including phenoxy) is 1. The Morgan fingerprint density at radius 1 is 1.11 bits per heavy atom. The summed E-state index contributed by atoms with van der Waals surface area (Å²) >= 11 is 0. The Labute approximate surface area is 210 Å². The Morgan fingerprint density at radius 3 is 2.41 bits per heavy atom. The summed E-state index contributed by atoms with van der Waals surface area (Å²) in [7, 11) is 0. The van der Waals surface area contributed by atoms with Crippen LogP contribution in [0, 0.1) is 0 Å². The Balaban J connectivity index is 1.40. The van der Waals surface area contributed by atoms with Crippen molar-refractivity contribution in [2.75, 3.05) is 23.7 Å². The molecule has 3 aromatic rings. The maximum absolute atomic E-state index is 13.5. The normalized spacial score (nSPS) is 15.9. The van der Waals surface area contributed by atoms with Crippen LogP contribution in [-0.2, 0) is 10.9 Å². The molecule has 0 spiro atoms. The molecule has 2 aromatic heterocycles. The van der Waals surface area contributed by atoms with Gasteiger partial charge in [0.15, 0.2) is 5.69 Å². The van der Waals surface area contributed by atoms with Crippen LogP contribution >= 0.6 is 0 Å². The second-order valence-corrected chi connectivity index (χ2v) is 9.37. The highest BCUT2D eigenvalue weighted by atomic mass is 19.4. The van der Waals surface area contributed by atoms with Gasteiger partial charge in [0.25, 0.3) is 5.91 Å². The molecule has 1 atom stereocenters. The fourth-order valence-electron chi connectivity index (χ4n) is 3.58. The Kier molecular flexibility index (Phi) is 7.05. The van der Waals surface area contributed by atoms with Gasteiger partial charge in [-0.3, -0.25) is 4.79 Å². The number of halogens is 3. The molecule has 13 heteroatoms. The van der Waals surface area contributed by atoms with Crippen molar-refractivity contribution >= 4 is 23.6 Å². The molecule has 37 heavy (non-hydrogen) atoms. The highest BCUT2D eigenvalue weighted by Gasteiger charge is 2.42. The number of rotatable bonds is 5. The average molecular weight is 518 g/mol. The number of hydrogen-bond acceptors (Lipinski definition) is 8. The van der Waals surface area contributed by atoms with E-state index in [4.69, 9.17) is 9.15 Å². The van der Waals surface area contributed by atoms with E-state index in [1.54, 1.807) is 43.9 Å². The predicted molar refractivity (Wildman–Crippen MR) is 127 cm³/mol. The fourth-order valence-corrected chi connectivity index (χ4v) is 3.58. The number of hydrogen-bond donors (Lipinski definition) is 2. The number of likely N-dealkylation sites (tertiary alicyclic amines) is 1. The lowest BCUT2D eigenvalue weighted by Crippen LogP contribution is -2.36. The van der Waals surface area contributed by atoms with E-state index in [1.165, 1.54) is 24.5 Å². The number of amides is 2. The molecular formula is C24H25F3N6O4. The largest absolute Gasteiger partial charge is 0.452 e. The molecule has 1 aromatic carbocycles. The number of aromatic nitrogens is 3. The van der Waals surface area contributed by atoms with Gasteiger partial charge >= 0.3 is 12.3 Å². The molecule has 2 amide bonds. The topological polar surface area (TPSA) is 122 Å². The van der Waals surface area contributed by atoms with Gasteiger partial charge in [0.1, 0.15) is 5.60 Å². The van der Waals surface area contributed by atoms with Gasteiger partial charge in [-0.25, -0.2) is 19.7 Å². The van der Waals surface area contributed by atoms with E-state index >= 15 is 0 Å². The number of benzene rings is 1. The molecule has 1 fully saturated rings. The van der Waals surface area contributed by atoms with Gasteiger partial charge in [-0.2, -0.15) is 13.2 Å². The van der Waals surface area contributed by atoms with Crippen molar-refractivity contribution in [1.82, 2.24) is 19.9 Å². The monoisotopic (exact) mass is 518 g/mol. The van der Waals surface area contributed by atoms with Crippen LogP contribution in [0.4, 0.5) is 29.6 Å². The summed E-state index contributed by atoms with van der Waals surface area (Å²) in [5, 5.41) is 5.41. The van der Waals surface area contributed by atoms with Crippen molar-refractivity contribution in [2.45, 2.75) is 45.0 Å². The maximum Gasteiger partial charge on any atom is 0.452 e. The Morgan fingerprint density at radius 2 is 1.78 bits per heavy atom. The second-order valence-electron chi connectivity index (χ2n) is 9.37. The summed E-state index contributed by atoms with van der Waals surface area (Å²) in [6, 6.07) is 7.83. The summed E-state index contributed by atoms with van der Waals surface area (Å²) in [6.45, 7) is 6.27. The fraction of sp³-hybridized carbons (Fsp3) is 0.375. The smallest absolute Gasteiger partial charge is 0.444 e. The van der Waals surface area contributed by atoms with Crippen molar-refractivity contribution in [1.29, 1.82) is 0 Å². The Bertz CT molecular complexity index is 1260. The summed E-state index contributed by atoms with van der Waals surface area (Å²) in [6.07, 6.45) is -2.18. The van der Waals surface area contributed by atoms with Gasteiger partial charge in [0, 0.05) is 24.7 Å². The quantitative estimate of drug-likeness (QED) is 0.493. The van der Waals surface area contributed by atoms with Gasteiger partial charge in [0.05, 0.1) is 18.1 Å². The van der Waals surface area contributed by atoms with E-state index in [2.05, 4.69) is 25.6 Å². The molecule has 1 aliphatic heterocycles. The summed E-state index contributed by atoms with van der Waals surface area (Å²) < 4.78 is 50.8. The third kappa shape index (κ3) is 6.54. The second kappa shape index (κ2) is 10.1. The maximum atomic E-state index is 13.5. The summed E-state index contributed by atoms with van der Waals surface area (Å²) in [5.41, 5.74) is -1.14. The molecule has 196 valence electrons. The molecular weight excluding hydrogens is 493 g/mol. The first-order valence-electron chi connectivity index (χ1n) is 11.4. The lowest BCUT2D eigenvalue weighted by atomic mass is 10.2. The Hall–Kier alpha value is -4.16. The van der Waals surface area contributed by atoms with Crippen LogP contribution in [0.15, 0.2) is 47.1 Å². The van der Waals surface area contributed by atoms with Crippen molar-refractivity contribution in [3.05, 3.63) is 54.2 Å². The van der Waals surface area contributed by atoms with Gasteiger partial charge in [-0.15, -0.1) is 0 Å². The number of carbonyl (C=O) groups is 2.